The fourth-order valence-electron chi connectivity index (χ4n) is 5.12. The van der Waals surface area contributed by atoms with Crippen LogP contribution in [0.5, 0.6) is 0 Å². The molecule has 0 bridgehead atoms. The predicted octanol–water partition coefficient (Wildman–Crippen LogP) is 2.20. The number of nitrogen functional groups attached to an aromatic ring is 1. The molecule has 31 heavy (non-hydrogen) atoms. The predicted molar refractivity (Wildman–Crippen MR) is 116 cm³/mol. The molecule has 4 N–H and O–H groups in total. The van der Waals surface area contributed by atoms with Crippen LogP contribution in [0.15, 0.2) is 36.4 Å². The van der Waals surface area contributed by atoms with Gasteiger partial charge in [0.1, 0.15) is 6.04 Å². The average Bonchev–Trinajstić information content (AvgIpc) is 3.09. The highest BCUT2D eigenvalue weighted by atomic mass is 16.2. The summed E-state index contributed by atoms with van der Waals surface area (Å²) in [6.07, 6.45) is 3.82. The second kappa shape index (κ2) is 7.81. The molecule has 2 heterocycles. The summed E-state index contributed by atoms with van der Waals surface area (Å²) in [4.78, 5) is 38.6. The summed E-state index contributed by atoms with van der Waals surface area (Å²) in [5.74, 6) is -0.779. The maximum atomic E-state index is 13.3. The van der Waals surface area contributed by atoms with Crippen molar-refractivity contribution in [1.29, 1.82) is 0 Å². The monoisotopic (exact) mass is 418 g/mol. The Labute approximate surface area is 181 Å². The molecule has 1 aliphatic carbocycles. The SMILES string of the molecule is Nc1ccc2c(c1)CCCC2NCc1cccc2c1C(=O)N(C1CCC(=O)NC1=O)C2. The number of carbonyl (C=O) groups excluding carboxylic acids is 3. The van der Waals surface area contributed by atoms with Gasteiger partial charge < -0.3 is 16.0 Å². The van der Waals surface area contributed by atoms with Crippen molar-refractivity contribution in [2.75, 3.05) is 5.73 Å². The van der Waals surface area contributed by atoms with Gasteiger partial charge in [0, 0.05) is 36.8 Å². The Morgan fingerprint density at radius 3 is 2.77 bits per heavy atom. The first-order valence-corrected chi connectivity index (χ1v) is 10.9. The zero-order valence-electron chi connectivity index (χ0n) is 17.3. The lowest BCUT2D eigenvalue weighted by Gasteiger charge is -2.29. The molecule has 5 rings (SSSR count). The number of fused-ring (bicyclic) bond motifs is 2. The fourth-order valence-corrected chi connectivity index (χ4v) is 5.12. The first kappa shape index (κ1) is 19.8. The van der Waals surface area contributed by atoms with Gasteiger partial charge in [0.05, 0.1) is 0 Å². The molecule has 2 aromatic rings. The Kier molecular flexibility index (Phi) is 4.98. The smallest absolute Gasteiger partial charge is 0.255 e. The normalized spacial score (nSPS) is 22.8. The maximum Gasteiger partial charge on any atom is 0.255 e. The van der Waals surface area contributed by atoms with Crippen LogP contribution in [0, 0.1) is 0 Å². The van der Waals surface area contributed by atoms with E-state index in [-0.39, 0.29) is 30.2 Å². The van der Waals surface area contributed by atoms with Crippen molar-refractivity contribution < 1.29 is 14.4 Å². The largest absolute Gasteiger partial charge is 0.399 e. The first-order valence-electron chi connectivity index (χ1n) is 10.9. The number of carbonyl (C=O) groups is 3. The van der Waals surface area contributed by atoms with Crippen LogP contribution >= 0.6 is 0 Å². The van der Waals surface area contributed by atoms with Crippen molar-refractivity contribution >= 4 is 23.4 Å². The maximum absolute atomic E-state index is 13.3. The highest BCUT2D eigenvalue weighted by Crippen LogP contribution is 2.33. The molecule has 2 aromatic carbocycles. The van der Waals surface area contributed by atoms with Gasteiger partial charge in [-0.3, -0.25) is 19.7 Å². The third kappa shape index (κ3) is 3.59. The van der Waals surface area contributed by atoms with E-state index < -0.39 is 6.04 Å². The molecule has 0 saturated carbocycles. The summed E-state index contributed by atoms with van der Waals surface area (Å²) in [5.41, 5.74) is 11.9. The Morgan fingerprint density at radius 1 is 1.06 bits per heavy atom. The van der Waals surface area contributed by atoms with Crippen LogP contribution in [-0.4, -0.2) is 28.7 Å². The van der Waals surface area contributed by atoms with Crippen LogP contribution in [0.3, 0.4) is 0 Å². The number of piperidine rings is 1. The van der Waals surface area contributed by atoms with Gasteiger partial charge in [0.15, 0.2) is 0 Å². The van der Waals surface area contributed by atoms with Crippen molar-refractivity contribution in [1.82, 2.24) is 15.5 Å². The Balaban J connectivity index is 1.34. The number of imide groups is 1. The van der Waals surface area contributed by atoms with Crippen LogP contribution in [-0.2, 0) is 29.1 Å². The third-order valence-electron chi connectivity index (χ3n) is 6.66. The van der Waals surface area contributed by atoms with Crippen LogP contribution in [0.1, 0.15) is 64.3 Å². The van der Waals surface area contributed by atoms with Gasteiger partial charge in [-0.25, -0.2) is 0 Å². The summed E-state index contributed by atoms with van der Waals surface area (Å²) >= 11 is 0. The number of benzene rings is 2. The van der Waals surface area contributed by atoms with E-state index in [1.807, 2.05) is 24.3 Å². The second-order valence-corrected chi connectivity index (χ2v) is 8.64. The van der Waals surface area contributed by atoms with Gasteiger partial charge >= 0.3 is 0 Å². The van der Waals surface area contributed by atoms with Gasteiger partial charge in [-0.2, -0.15) is 0 Å². The van der Waals surface area contributed by atoms with E-state index in [4.69, 9.17) is 5.73 Å². The van der Waals surface area contributed by atoms with Crippen LogP contribution < -0.4 is 16.4 Å². The molecule has 160 valence electrons. The van der Waals surface area contributed by atoms with E-state index in [0.29, 0.717) is 25.1 Å². The quantitative estimate of drug-likeness (QED) is 0.522. The number of nitrogens with one attached hydrogen (secondary N) is 2. The molecule has 2 aliphatic heterocycles. The number of nitrogens with zero attached hydrogens (tertiary/aromatic N) is 1. The minimum absolute atomic E-state index is 0.126. The van der Waals surface area contributed by atoms with Crippen molar-refractivity contribution in [3.8, 4) is 0 Å². The van der Waals surface area contributed by atoms with E-state index >= 15 is 0 Å². The Hall–Kier alpha value is -3.19. The van der Waals surface area contributed by atoms with Crippen molar-refractivity contribution in [3.63, 3.8) is 0 Å². The number of rotatable bonds is 4. The second-order valence-electron chi connectivity index (χ2n) is 8.64. The highest BCUT2D eigenvalue weighted by Gasteiger charge is 2.40. The molecular formula is C24H26N4O3. The molecule has 2 unspecified atom stereocenters. The summed E-state index contributed by atoms with van der Waals surface area (Å²) < 4.78 is 0. The lowest BCUT2D eigenvalue weighted by atomic mass is 9.87. The number of nitrogens with two attached hydrogens (primary N) is 1. The minimum Gasteiger partial charge on any atom is -0.399 e. The zero-order chi connectivity index (χ0) is 21.5. The van der Waals surface area contributed by atoms with E-state index in [2.05, 4.69) is 22.8 Å². The molecule has 7 nitrogen and oxygen atoms in total. The van der Waals surface area contributed by atoms with Crippen molar-refractivity contribution in [2.45, 2.75) is 57.3 Å². The summed E-state index contributed by atoms with van der Waals surface area (Å²) in [6, 6.07) is 11.6. The average molecular weight is 418 g/mol. The number of aryl methyl sites for hydroxylation is 1. The minimum atomic E-state index is -0.589. The lowest BCUT2D eigenvalue weighted by molar-refractivity contribution is -0.136. The summed E-state index contributed by atoms with van der Waals surface area (Å²) in [6.45, 7) is 0.979. The summed E-state index contributed by atoms with van der Waals surface area (Å²) in [5, 5.41) is 5.99. The standard InChI is InChI=1S/C24H26N4O3/c25-17-7-8-18-14(11-17)3-2-6-19(18)26-12-15-4-1-5-16-13-28(24(31)22(15)16)20-9-10-21(29)27-23(20)30/h1,4-5,7-8,11,19-20,26H,2-3,6,9-10,12-13,25H2,(H,27,29,30). The van der Waals surface area contributed by atoms with Crippen LogP contribution in [0.2, 0.25) is 0 Å². The Morgan fingerprint density at radius 2 is 1.94 bits per heavy atom. The third-order valence-corrected chi connectivity index (χ3v) is 6.66. The lowest BCUT2D eigenvalue weighted by Crippen LogP contribution is -2.52. The number of anilines is 1. The van der Waals surface area contributed by atoms with E-state index in [9.17, 15) is 14.4 Å². The zero-order valence-corrected chi connectivity index (χ0v) is 17.3. The van der Waals surface area contributed by atoms with Crippen LogP contribution in [0.4, 0.5) is 5.69 Å². The molecule has 0 aromatic heterocycles. The summed E-state index contributed by atoms with van der Waals surface area (Å²) in [7, 11) is 0. The van der Waals surface area contributed by atoms with Gasteiger partial charge in [0.2, 0.25) is 11.8 Å². The fraction of sp³-hybridized carbons (Fsp3) is 0.375. The molecule has 1 fully saturated rings. The van der Waals surface area contributed by atoms with E-state index in [0.717, 1.165) is 36.1 Å². The number of hydrogen-bond donors (Lipinski definition) is 3. The highest BCUT2D eigenvalue weighted by molar-refractivity contribution is 6.06. The first-order chi connectivity index (χ1) is 15.0. The molecule has 3 aliphatic rings. The van der Waals surface area contributed by atoms with E-state index in [1.54, 1.807) is 4.90 Å². The molecule has 3 amide bonds. The molecule has 0 spiro atoms. The molecule has 1 saturated heterocycles. The van der Waals surface area contributed by atoms with Crippen molar-refractivity contribution in [3.05, 3.63) is 64.2 Å². The molecule has 2 atom stereocenters. The van der Waals surface area contributed by atoms with Gasteiger partial charge in [-0.1, -0.05) is 24.3 Å². The molecule has 0 radical (unpaired) electrons. The Bertz CT molecular complexity index is 1080. The van der Waals surface area contributed by atoms with Crippen molar-refractivity contribution in [2.24, 2.45) is 0 Å². The molecule has 7 heteroatoms. The van der Waals surface area contributed by atoms with Gasteiger partial charge in [-0.05, 0) is 60.1 Å². The topological polar surface area (TPSA) is 105 Å². The van der Waals surface area contributed by atoms with E-state index in [1.165, 1.54) is 11.1 Å². The number of hydrogen-bond acceptors (Lipinski definition) is 5. The number of amides is 3. The van der Waals surface area contributed by atoms with Crippen LogP contribution in [0.25, 0.3) is 0 Å². The van der Waals surface area contributed by atoms with Gasteiger partial charge in [-0.15, -0.1) is 0 Å². The van der Waals surface area contributed by atoms with Gasteiger partial charge in [0.25, 0.3) is 5.91 Å². The molecular weight excluding hydrogens is 392 g/mol.